The van der Waals surface area contributed by atoms with Crippen LogP contribution in [0.15, 0.2) is 29.8 Å². The van der Waals surface area contributed by atoms with Gasteiger partial charge < -0.3 is 10.0 Å². The molecule has 6 heteroatoms. The van der Waals surface area contributed by atoms with E-state index < -0.39 is 5.97 Å². The number of carboxylic acid groups (broad SMARTS) is 1. The molecule has 0 fully saturated rings. The zero-order chi connectivity index (χ0) is 15.4. The maximum Gasteiger partial charge on any atom is 0.328 e. The smallest absolute Gasteiger partial charge is 0.328 e. The molecule has 0 aliphatic rings. The Hall–Kier alpha value is -1.85. The van der Waals surface area contributed by atoms with Crippen LogP contribution in [0.3, 0.4) is 0 Å². The monoisotopic (exact) mass is 322 g/mol. The van der Waals surface area contributed by atoms with Crippen molar-refractivity contribution in [1.82, 2.24) is 4.98 Å². The highest BCUT2D eigenvalue weighted by molar-refractivity contribution is 7.09. The Morgan fingerprint density at radius 3 is 2.86 bits per heavy atom. The second kappa shape index (κ2) is 6.74. The van der Waals surface area contributed by atoms with Gasteiger partial charge in [-0.15, -0.1) is 11.3 Å². The van der Waals surface area contributed by atoms with E-state index in [1.165, 1.54) is 11.0 Å². The summed E-state index contributed by atoms with van der Waals surface area (Å²) >= 11 is 7.90. The van der Waals surface area contributed by atoms with E-state index in [1.54, 1.807) is 17.4 Å². The van der Waals surface area contributed by atoms with Crippen LogP contribution in [0.5, 0.6) is 0 Å². The zero-order valence-electron chi connectivity index (χ0n) is 11.7. The summed E-state index contributed by atoms with van der Waals surface area (Å²) < 4.78 is 0. The fraction of sp³-hybridized carbons (Fsp3) is 0.200. The third-order valence-electron chi connectivity index (χ3n) is 3.03. The highest BCUT2D eigenvalue weighted by atomic mass is 35.5. The topological polar surface area (TPSA) is 53.4 Å². The van der Waals surface area contributed by atoms with Gasteiger partial charge >= 0.3 is 5.97 Å². The Labute approximate surface area is 132 Å². The molecular formula is C15H15ClN2O2S. The normalized spacial score (nSPS) is 11.0. The van der Waals surface area contributed by atoms with Crippen LogP contribution in [0, 0.1) is 6.92 Å². The number of anilines is 1. The van der Waals surface area contributed by atoms with Crippen LogP contribution in [0.1, 0.15) is 16.1 Å². The minimum Gasteiger partial charge on any atom is -0.478 e. The standard InChI is InChI=1S/C15H15ClN2O2S/c1-10-14(21-9-17-10)8-18(2)13-5-3-11(7-12(13)16)4-6-15(19)20/h3-7,9H,8H2,1-2H3,(H,19,20)/b6-4+. The van der Waals surface area contributed by atoms with E-state index >= 15 is 0 Å². The van der Waals surface area contributed by atoms with E-state index in [0.717, 1.165) is 29.6 Å². The number of rotatable bonds is 5. The van der Waals surface area contributed by atoms with Crippen molar-refractivity contribution in [2.75, 3.05) is 11.9 Å². The van der Waals surface area contributed by atoms with Gasteiger partial charge in [0.1, 0.15) is 0 Å². The Kier molecular flexibility index (Phi) is 4.98. The van der Waals surface area contributed by atoms with E-state index in [4.69, 9.17) is 16.7 Å². The zero-order valence-corrected chi connectivity index (χ0v) is 13.3. The van der Waals surface area contributed by atoms with Gasteiger partial charge in [-0.05, 0) is 30.7 Å². The molecular weight excluding hydrogens is 308 g/mol. The molecule has 0 saturated carbocycles. The number of nitrogens with zero attached hydrogens (tertiary/aromatic N) is 2. The minimum atomic E-state index is -0.979. The summed E-state index contributed by atoms with van der Waals surface area (Å²) in [5.74, 6) is -0.979. The van der Waals surface area contributed by atoms with Crippen molar-refractivity contribution < 1.29 is 9.90 Å². The van der Waals surface area contributed by atoms with Crippen molar-refractivity contribution in [2.45, 2.75) is 13.5 Å². The predicted octanol–water partition coefficient (Wildman–Crippen LogP) is 3.84. The molecule has 0 spiro atoms. The Morgan fingerprint density at radius 2 is 2.29 bits per heavy atom. The van der Waals surface area contributed by atoms with E-state index in [1.807, 2.05) is 36.5 Å². The van der Waals surface area contributed by atoms with Gasteiger partial charge in [0.25, 0.3) is 0 Å². The summed E-state index contributed by atoms with van der Waals surface area (Å²) in [6.45, 7) is 2.72. The number of carbonyl (C=O) groups is 1. The number of halogens is 1. The molecule has 0 amide bonds. The van der Waals surface area contributed by atoms with Crippen molar-refractivity contribution in [3.63, 3.8) is 0 Å². The summed E-state index contributed by atoms with van der Waals surface area (Å²) in [6.07, 6.45) is 2.61. The molecule has 1 heterocycles. The molecule has 0 aliphatic carbocycles. The molecule has 1 aromatic carbocycles. The quantitative estimate of drug-likeness (QED) is 0.850. The average molecular weight is 323 g/mol. The number of hydrogen-bond donors (Lipinski definition) is 1. The lowest BCUT2D eigenvalue weighted by atomic mass is 10.2. The third-order valence-corrected chi connectivity index (χ3v) is 4.25. The van der Waals surface area contributed by atoms with Gasteiger partial charge in [0.15, 0.2) is 0 Å². The summed E-state index contributed by atoms with van der Waals surface area (Å²) in [5, 5.41) is 9.21. The van der Waals surface area contributed by atoms with Gasteiger partial charge in [-0.3, -0.25) is 0 Å². The molecule has 1 N–H and O–H groups in total. The fourth-order valence-corrected chi connectivity index (χ4v) is 3.05. The van der Waals surface area contributed by atoms with E-state index in [-0.39, 0.29) is 0 Å². The van der Waals surface area contributed by atoms with Gasteiger partial charge in [0, 0.05) is 18.0 Å². The first-order valence-corrected chi connectivity index (χ1v) is 7.54. The molecule has 0 atom stereocenters. The Bertz CT molecular complexity index is 682. The second-order valence-electron chi connectivity index (χ2n) is 4.60. The highest BCUT2D eigenvalue weighted by Gasteiger charge is 2.10. The molecule has 1 aromatic heterocycles. The fourth-order valence-electron chi connectivity index (χ4n) is 1.88. The largest absolute Gasteiger partial charge is 0.478 e. The number of carboxylic acids is 1. The highest BCUT2D eigenvalue weighted by Crippen LogP contribution is 2.28. The van der Waals surface area contributed by atoms with E-state index in [2.05, 4.69) is 4.98 Å². The average Bonchev–Trinajstić information content (AvgIpc) is 2.82. The SMILES string of the molecule is Cc1ncsc1CN(C)c1ccc(/C=C/C(=O)O)cc1Cl. The number of benzene rings is 1. The molecule has 0 bridgehead atoms. The van der Waals surface area contributed by atoms with Crippen molar-refractivity contribution in [3.8, 4) is 0 Å². The minimum absolute atomic E-state index is 0.590. The van der Waals surface area contributed by atoms with Crippen molar-refractivity contribution in [2.24, 2.45) is 0 Å². The van der Waals surface area contributed by atoms with Crippen LogP contribution in [0.4, 0.5) is 5.69 Å². The number of aromatic nitrogens is 1. The van der Waals surface area contributed by atoms with Crippen molar-refractivity contribution in [1.29, 1.82) is 0 Å². The first-order valence-electron chi connectivity index (χ1n) is 6.28. The van der Waals surface area contributed by atoms with Gasteiger partial charge in [0.2, 0.25) is 0 Å². The first kappa shape index (κ1) is 15.5. The first-order chi connectivity index (χ1) is 9.97. The molecule has 21 heavy (non-hydrogen) atoms. The second-order valence-corrected chi connectivity index (χ2v) is 5.95. The molecule has 0 unspecified atom stereocenters. The van der Waals surface area contributed by atoms with Gasteiger partial charge in [-0.2, -0.15) is 0 Å². The maximum absolute atomic E-state index is 10.5. The number of aliphatic carboxylic acids is 1. The number of thiazole rings is 1. The summed E-state index contributed by atoms with van der Waals surface area (Å²) in [6, 6.07) is 5.49. The summed E-state index contributed by atoms with van der Waals surface area (Å²) in [5.41, 5.74) is 4.52. The molecule has 0 saturated heterocycles. The van der Waals surface area contributed by atoms with E-state index in [9.17, 15) is 4.79 Å². The maximum atomic E-state index is 10.5. The molecule has 0 radical (unpaired) electrons. The predicted molar refractivity (Wildman–Crippen MR) is 87.1 cm³/mol. The van der Waals surface area contributed by atoms with Crippen LogP contribution in [-0.4, -0.2) is 23.1 Å². The van der Waals surface area contributed by atoms with Crippen LogP contribution in [0.25, 0.3) is 6.08 Å². The lowest BCUT2D eigenvalue weighted by Gasteiger charge is -2.20. The summed E-state index contributed by atoms with van der Waals surface area (Å²) in [4.78, 5) is 18.0. The lowest BCUT2D eigenvalue weighted by Crippen LogP contribution is -2.16. The number of hydrogen-bond acceptors (Lipinski definition) is 4. The molecule has 110 valence electrons. The van der Waals surface area contributed by atoms with Crippen LogP contribution < -0.4 is 4.90 Å². The molecule has 2 rings (SSSR count). The lowest BCUT2D eigenvalue weighted by molar-refractivity contribution is -0.131. The van der Waals surface area contributed by atoms with E-state index in [0.29, 0.717) is 5.02 Å². The molecule has 0 aliphatic heterocycles. The van der Waals surface area contributed by atoms with Gasteiger partial charge in [0.05, 0.1) is 28.5 Å². The summed E-state index contributed by atoms with van der Waals surface area (Å²) in [7, 11) is 1.97. The van der Waals surface area contributed by atoms with Crippen molar-refractivity contribution in [3.05, 3.63) is 50.9 Å². The Balaban J connectivity index is 2.16. The third kappa shape index (κ3) is 4.06. The molecule has 2 aromatic rings. The van der Waals surface area contributed by atoms with Gasteiger partial charge in [-0.25, -0.2) is 9.78 Å². The Morgan fingerprint density at radius 1 is 1.52 bits per heavy atom. The van der Waals surface area contributed by atoms with Crippen LogP contribution in [-0.2, 0) is 11.3 Å². The number of aryl methyl sites for hydroxylation is 1. The van der Waals surface area contributed by atoms with Crippen molar-refractivity contribution >= 4 is 40.7 Å². The van der Waals surface area contributed by atoms with Crippen LogP contribution in [0.2, 0.25) is 5.02 Å². The molecule has 4 nitrogen and oxygen atoms in total. The van der Waals surface area contributed by atoms with Gasteiger partial charge in [-0.1, -0.05) is 17.7 Å². The van der Waals surface area contributed by atoms with Crippen LogP contribution >= 0.6 is 22.9 Å².